The number of allylic oxidation sites excluding steroid dienone is 2. The number of carbonyl (C=O) groups excluding carboxylic acids is 1. The molecule has 1 atom stereocenters. The van der Waals surface area contributed by atoms with E-state index in [-0.39, 0.29) is 24.8 Å². The van der Waals surface area contributed by atoms with E-state index < -0.39 is 12.0 Å². The first-order chi connectivity index (χ1) is 14.0. The van der Waals surface area contributed by atoms with Crippen LogP contribution >= 0.6 is 0 Å². The first-order valence-corrected chi connectivity index (χ1v) is 11.2. The van der Waals surface area contributed by atoms with Crippen LogP contribution in [0.25, 0.3) is 0 Å². The average molecular weight is 411 g/mol. The van der Waals surface area contributed by atoms with Crippen molar-refractivity contribution in [3.05, 3.63) is 12.2 Å². The number of nitrogens with zero attached hydrogens (tertiary/aromatic N) is 1. The summed E-state index contributed by atoms with van der Waals surface area (Å²) < 4.78 is 0. The highest BCUT2D eigenvalue weighted by Crippen LogP contribution is 2.09. The molecule has 0 radical (unpaired) electrons. The van der Waals surface area contributed by atoms with Crippen molar-refractivity contribution in [3.8, 4) is 0 Å². The highest BCUT2D eigenvalue weighted by atomic mass is 16.4. The summed E-state index contributed by atoms with van der Waals surface area (Å²) in [7, 11) is 0. The number of aliphatic imine (C=N–C) groups is 1. The summed E-state index contributed by atoms with van der Waals surface area (Å²) in [6, 6.07) is -0.955. The van der Waals surface area contributed by atoms with Gasteiger partial charge in [-0.2, -0.15) is 0 Å². The van der Waals surface area contributed by atoms with E-state index in [1.54, 1.807) is 0 Å². The standard InChI is InChI=1S/C22H42N4O3/c1-2-3-4-5-6-7-8-9-10-11-12-13-14-15-16-20(27)26-19(21(28)29)17-18-25-22(23)24/h8-9,19H,2-7,10-18H2,1H3,(H,26,27)(H,28,29)(H4,23,24,25)/b9-8-/t19-/m0/s1. The SMILES string of the molecule is CCCCCCC/C=C\CCCCCCCC(=O)N[C@@H](CCN=C(N)N)C(=O)O. The number of guanidine groups is 1. The smallest absolute Gasteiger partial charge is 0.326 e. The quantitative estimate of drug-likeness (QED) is 0.111. The maximum Gasteiger partial charge on any atom is 0.326 e. The zero-order valence-electron chi connectivity index (χ0n) is 18.2. The number of carboxylic acids is 1. The molecular formula is C22H42N4O3. The molecule has 0 saturated heterocycles. The second-order valence-corrected chi connectivity index (χ2v) is 7.53. The fourth-order valence-corrected chi connectivity index (χ4v) is 3.03. The summed E-state index contributed by atoms with van der Waals surface area (Å²) >= 11 is 0. The molecule has 7 nitrogen and oxygen atoms in total. The van der Waals surface area contributed by atoms with E-state index in [1.165, 1.54) is 51.4 Å². The first kappa shape index (κ1) is 27.0. The van der Waals surface area contributed by atoms with E-state index >= 15 is 0 Å². The van der Waals surface area contributed by atoms with Crippen molar-refractivity contribution in [1.82, 2.24) is 5.32 Å². The summed E-state index contributed by atoms with van der Waals surface area (Å²) in [6.45, 7) is 2.41. The summed E-state index contributed by atoms with van der Waals surface area (Å²) in [5.74, 6) is -1.39. The minimum atomic E-state index is -1.07. The molecule has 29 heavy (non-hydrogen) atoms. The molecule has 0 aliphatic carbocycles. The van der Waals surface area contributed by atoms with Gasteiger partial charge in [0.05, 0.1) is 0 Å². The summed E-state index contributed by atoms with van der Waals surface area (Å²) in [4.78, 5) is 26.8. The third-order valence-electron chi connectivity index (χ3n) is 4.76. The number of hydrogen-bond donors (Lipinski definition) is 4. The normalized spacial score (nSPS) is 12.0. The number of nitrogens with two attached hydrogens (primary N) is 2. The van der Waals surface area contributed by atoms with Gasteiger partial charge in [-0.15, -0.1) is 0 Å². The third-order valence-corrected chi connectivity index (χ3v) is 4.76. The Kier molecular flexibility index (Phi) is 17.9. The van der Waals surface area contributed by atoms with E-state index in [0.717, 1.165) is 25.7 Å². The van der Waals surface area contributed by atoms with Gasteiger partial charge < -0.3 is 21.9 Å². The predicted molar refractivity (Wildman–Crippen MR) is 120 cm³/mol. The molecule has 6 N–H and O–H groups in total. The number of amides is 1. The third kappa shape index (κ3) is 19.1. The molecular weight excluding hydrogens is 368 g/mol. The molecule has 1 amide bonds. The second kappa shape index (κ2) is 19.3. The van der Waals surface area contributed by atoms with Gasteiger partial charge in [0.2, 0.25) is 5.91 Å². The highest BCUT2D eigenvalue weighted by molar-refractivity contribution is 5.83. The lowest BCUT2D eigenvalue weighted by Crippen LogP contribution is -2.41. The monoisotopic (exact) mass is 410 g/mol. The Bertz CT molecular complexity index is 488. The number of carbonyl (C=O) groups is 2. The van der Waals surface area contributed by atoms with Crippen molar-refractivity contribution in [3.63, 3.8) is 0 Å². The van der Waals surface area contributed by atoms with Gasteiger partial charge in [-0.1, -0.05) is 64.0 Å². The number of carboxylic acid groups (broad SMARTS) is 1. The van der Waals surface area contributed by atoms with Crippen LogP contribution in [-0.2, 0) is 9.59 Å². The molecule has 0 spiro atoms. The van der Waals surface area contributed by atoms with Crippen molar-refractivity contribution in [2.24, 2.45) is 16.5 Å². The Balaban J connectivity index is 3.62. The van der Waals surface area contributed by atoms with Crippen LogP contribution in [0.2, 0.25) is 0 Å². The molecule has 0 aromatic rings. The zero-order chi connectivity index (χ0) is 21.7. The molecule has 0 saturated carbocycles. The van der Waals surface area contributed by atoms with E-state index in [1.807, 2.05) is 0 Å². The van der Waals surface area contributed by atoms with E-state index in [2.05, 4.69) is 29.4 Å². The van der Waals surface area contributed by atoms with Gasteiger partial charge in [-0.3, -0.25) is 9.79 Å². The van der Waals surface area contributed by atoms with Crippen molar-refractivity contribution in [2.75, 3.05) is 6.54 Å². The lowest BCUT2D eigenvalue weighted by Gasteiger charge is -2.13. The Labute approximate surface area is 176 Å². The molecule has 0 rings (SSSR count). The highest BCUT2D eigenvalue weighted by Gasteiger charge is 2.19. The minimum Gasteiger partial charge on any atom is -0.480 e. The Hall–Kier alpha value is -2.05. The van der Waals surface area contributed by atoms with Crippen LogP contribution in [0.5, 0.6) is 0 Å². The van der Waals surface area contributed by atoms with Gasteiger partial charge in [0.25, 0.3) is 0 Å². The molecule has 0 unspecified atom stereocenters. The van der Waals surface area contributed by atoms with E-state index in [9.17, 15) is 9.59 Å². The van der Waals surface area contributed by atoms with Crippen molar-refractivity contribution in [2.45, 2.75) is 103 Å². The maximum atomic E-state index is 11.9. The Morgan fingerprint density at radius 3 is 2.03 bits per heavy atom. The van der Waals surface area contributed by atoms with Crippen LogP contribution in [0.3, 0.4) is 0 Å². The van der Waals surface area contributed by atoms with Crippen LogP contribution in [0.1, 0.15) is 96.8 Å². The lowest BCUT2D eigenvalue weighted by molar-refractivity contribution is -0.142. The molecule has 0 aromatic heterocycles. The number of hydrogen-bond acceptors (Lipinski definition) is 3. The van der Waals surface area contributed by atoms with Gasteiger partial charge >= 0.3 is 5.97 Å². The minimum absolute atomic E-state index is 0.0848. The first-order valence-electron chi connectivity index (χ1n) is 11.2. The van der Waals surface area contributed by atoms with Crippen LogP contribution in [0.4, 0.5) is 0 Å². The molecule has 0 aromatic carbocycles. The van der Waals surface area contributed by atoms with Gasteiger partial charge in [-0.05, 0) is 38.5 Å². The lowest BCUT2D eigenvalue weighted by atomic mass is 10.1. The van der Waals surface area contributed by atoms with E-state index in [4.69, 9.17) is 16.6 Å². The summed E-state index contributed by atoms with van der Waals surface area (Å²) in [6.07, 6.45) is 19.3. The summed E-state index contributed by atoms with van der Waals surface area (Å²) in [5.41, 5.74) is 10.4. The van der Waals surface area contributed by atoms with Gasteiger partial charge in [0, 0.05) is 13.0 Å². The van der Waals surface area contributed by atoms with Gasteiger partial charge in [-0.25, -0.2) is 4.79 Å². The molecule has 0 fully saturated rings. The molecule has 0 aliphatic rings. The van der Waals surface area contributed by atoms with Crippen LogP contribution < -0.4 is 16.8 Å². The second-order valence-electron chi connectivity index (χ2n) is 7.53. The fraction of sp³-hybridized carbons (Fsp3) is 0.773. The van der Waals surface area contributed by atoms with Crippen molar-refractivity contribution >= 4 is 17.8 Å². The number of nitrogens with one attached hydrogen (secondary N) is 1. The van der Waals surface area contributed by atoms with Gasteiger partial charge in [0.1, 0.15) is 6.04 Å². The molecule has 0 aliphatic heterocycles. The maximum absolute atomic E-state index is 11.9. The average Bonchev–Trinajstić information content (AvgIpc) is 2.67. The molecule has 0 heterocycles. The van der Waals surface area contributed by atoms with Crippen molar-refractivity contribution < 1.29 is 14.7 Å². The van der Waals surface area contributed by atoms with E-state index in [0.29, 0.717) is 6.42 Å². The number of rotatable bonds is 19. The summed E-state index contributed by atoms with van der Waals surface area (Å²) in [5, 5.41) is 11.7. The van der Waals surface area contributed by atoms with Gasteiger partial charge in [0.15, 0.2) is 5.96 Å². The Morgan fingerprint density at radius 2 is 1.48 bits per heavy atom. The fourth-order valence-electron chi connectivity index (χ4n) is 3.03. The number of unbranched alkanes of at least 4 members (excludes halogenated alkanes) is 10. The largest absolute Gasteiger partial charge is 0.480 e. The molecule has 7 heteroatoms. The molecule has 168 valence electrons. The van der Waals surface area contributed by atoms with Crippen molar-refractivity contribution in [1.29, 1.82) is 0 Å². The molecule has 0 bridgehead atoms. The predicted octanol–water partition coefficient (Wildman–Crippen LogP) is 3.87. The van der Waals surface area contributed by atoms with Crippen LogP contribution in [0, 0.1) is 0 Å². The Morgan fingerprint density at radius 1 is 0.931 bits per heavy atom. The topological polar surface area (TPSA) is 131 Å². The van der Waals surface area contributed by atoms with Crippen LogP contribution in [0.15, 0.2) is 17.1 Å². The van der Waals surface area contributed by atoms with Crippen LogP contribution in [-0.4, -0.2) is 35.5 Å². The number of aliphatic carboxylic acids is 1. The zero-order valence-corrected chi connectivity index (χ0v) is 18.2.